The number of methoxy groups -OCH3 is 1. The molecule has 40 heavy (non-hydrogen) atoms. The average Bonchev–Trinajstić information content (AvgIpc) is 3.78. The highest BCUT2D eigenvalue weighted by atomic mass is 19.1. The smallest absolute Gasteiger partial charge is 0.150 e. The van der Waals surface area contributed by atoms with Gasteiger partial charge in [0.1, 0.15) is 28.8 Å². The maximum Gasteiger partial charge on any atom is 0.150 e. The maximum atomic E-state index is 13.2. The van der Waals surface area contributed by atoms with Crippen LogP contribution in [0.1, 0.15) is 42.9 Å². The zero-order chi connectivity index (χ0) is 28.3. The predicted octanol–water partition coefficient (Wildman–Crippen LogP) is 6.40. The van der Waals surface area contributed by atoms with E-state index < -0.39 is 5.41 Å². The Bertz CT molecular complexity index is 1570. The molecule has 0 spiro atoms. The molecule has 1 aromatic heterocycles. The molecule has 1 saturated carbocycles. The second-order valence-corrected chi connectivity index (χ2v) is 10.2. The molecule has 0 saturated heterocycles. The summed E-state index contributed by atoms with van der Waals surface area (Å²) in [6.07, 6.45) is 3.74. The number of pyridine rings is 1. The molecule has 1 aliphatic rings. The van der Waals surface area contributed by atoms with Crippen LogP contribution in [0.4, 0.5) is 4.39 Å². The lowest BCUT2D eigenvalue weighted by Gasteiger charge is -2.14. The Kier molecular flexibility index (Phi) is 7.74. The van der Waals surface area contributed by atoms with Gasteiger partial charge in [0.25, 0.3) is 0 Å². The van der Waals surface area contributed by atoms with Gasteiger partial charge in [-0.25, -0.2) is 4.39 Å². The first kappa shape index (κ1) is 27.2. The van der Waals surface area contributed by atoms with E-state index in [1.54, 1.807) is 49.7 Å². The molecule has 5 rings (SSSR count). The highest BCUT2D eigenvalue weighted by molar-refractivity contribution is 6.11. The van der Waals surface area contributed by atoms with Gasteiger partial charge in [0.2, 0.25) is 0 Å². The maximum absolute atomic E-state index is 13.2. The Balaban J connectivity index is 1.28. The zero-order valence-corrected chi connectivity index (χ0v) is 22.5. The summed E-state index contributed by atoms with van der Waals surface area (Å²) in [6, 6.07) is 18.5. The minimum Gasteiger partial charge on any atom is -0.496 e. The van der Waals surface area contributed by atoms with Crippen LogP contribution >= 0.6 is 0 Å². The van der Waals surface area contributed by atoms with Gasteiger partial charge in [-0.15, -0.1) is 0 Å². The van der Waals surface area contributed by atoms with Gasteiger partial charge in [0, 0.05) is 48.9 Å². The van der Waals surface area contributed by atoms with Crippen molar-refractivity contribution in [1.82, 2.24) is 4.98 Å². The number of benzene rings is 3. The molecule has 0 aliphatic heterocycles. The van der Waals surface area contributed by atoms with Gasteiger partial charge in [-0.05, 0) is 60.4 Å². The Morgan fingerprint density at radius 1 is 0.850 bits per heavy atom. The molecule has 1 aliphatic carbocycles. The summed E-state index contributed by atoms with van der Waals surface area (Å²) in [5, 5.41) is 0.761. The van der Waals surface area contributed by atoms with E-state index in [0.717, 1.165) is 16.5 Å². The fourth-order valence-electron chi connectivity index (χ4n) is 4.90. The standard InChI is InChI=1S/C33H30FNO5/c1-3-25(36)18-23-19-27-28(20-30(23)39-2)35-15-12-29(27)40-26-10-6-22(7-11-26)17-32(38)33(13-14-33)31(37)16-21-4-8-24(34)9-5-21/h4-12,15,19-20H,3,13-14,16-18H2,1-2H3. The number of ether oxygens (including phenoxy) is 2. The van der Waals surface area contributed by atoms with E-state index in [2.05, 4.69) is 4.98 Å². The van der Waals surface area contributed by atoms with Crippen molar-refractivity contribution in [2.45, 2.75) is 45.4 Å². The van der Waals surface area contributed by atoms with Crippen LogP contribution in [0.3, 0.4) is 0 Å². The van der Waals surface area contributed by atoms with Gasteiger partial charge in [0.15, 0.2) is 11.6 Å². The van der Waals surface area contributed by atoms with E-state index in [-0.39, 0.29) is 42.4 Å². The third-order valence-corrected chi connectivity index (χ3v) is 7.50. The van der Waals surface area contributed by atoms with Gasteiger partial charge < -0.3 is 9.47 Å². The third-order valence-electron chi connectivity index (χ3n) is 7.50. The van der Waals surface area contributed by atoms with E-state index in [1.807, 2.05) is 25.1 Å². The molecule has 3 aromatic carbocycles. The second-order valence-electron chi connectivity index (χ2n) is 10.2. The van der Waals surface area contributed by atoms with Gasteiger partial charge >= 0.3 is 0 Å². The molecule has 7 heteroatoms. The number of halogens is 1. The molecule has 6 nitrogen and oxygen atoms in total. The van der Waals surface area contributed by atoms with Crippen molar-refractivity contribution in [3.63, 3.8) is 0 Å². The summed E-state index contributed by atoms with van der Waals surface area (Å²) < 4.78 is 24.8. The molecule has 0 amide bonds. The number of carbonyl (C=O) groups is 3. The average molecular weight is 540 g/mol. The normalized spacial score (nSPS) is 13.6. The van der Waals surface area contributed by atoms with E-state index in [4.69, 9.17) is 9.47 Å². The van der Waals surface area contributed by atoms with Crippen LogP contribution in [0.2, 0.25) is 0 Å². The summed E-state index contributed by atoms with van der Waals surface area (Å²) in [5.74, 6) is 1.34. The largest absolute Gasteiger partial charge is 0.496 e. The number of nitrogens with zero attached hydrogens (tertiary/aromatic N) is 1. The molecule has 4 aromatic rings. The van der Waals surface area contributed by atoms with Crippen LogP contribution in [0.25, 0.3) is 10.9 Å². The van der Waals surface area contributed by atoms with Crippen molar-refractivity contribution in [2.24, 2.45) is 5.41 Å². The molecule has 0 radical (unpaired) electrons. The van der Waals surface area contributed by atoms with Crippen molar-refractivity contribution in [1.29, 1.82) is 0 Å². The SMILES string of the molecule is CCC(=O)Cc1cc2c(Oc3ccc(CC(=O)C4(C(=O)Cc5ccc(F)cc5)CC4)cc3)ccnc2cc1OC. The van der Waals surface area contributed by atoms with Crippen LogP contribution in [-0.4, -0.2) is 29.4 Å². The summed E-state index contributed by atoms with van der Waals surface area (Å²) in [5.41, 5.74) is 2.03. The van der Waals surface area contributed by atoms with Crippen LogP contribution in [0, 0.1) is 11.2 Å². The molecule has 1 fully saturated rings. The summed E-state index contributed by atoms with van der Waals surface area (Å²) >= 11 is 0. The predicted molar refractivity (Wildman–Crippen MR) is 149 cm³/mol. The van der Waals surface area contributed by atoms with Gasteiger partial charge in [-0.1, -0.05) is 31.2 Å². The van der Waals surface area contributed by atoms with Crippen LogP contribution < -0.4 is 9.47 Å². The minimum absolute atomic E-state index is 0.0866. The molecule has 0 atom stereocenters. The number of ketones is 3. The Hall–Kier alpha value is -4.39. The summed E-state index contributed by atoms with van der Waals surface area (Å²) in [7, 11) is 1.57. The first-order chi connectivity index (χ1) is 19.3. The molecule has 0 N–H and O–H groups in total. The third kappa shape index (κ3) is 5.78. The minimum atomic E-state index is -0.933. The number of hydrogen-bond donors (Lipinski definition) is 0. The fraction of sp³-hybridized carbons (Fsp3) is 0.273. The van der Waals surface area contributed by atoms with Crippen molar-refractivity contribution >= 4 is 28.3 Å². The van der Waals surface area contributed by atoms with Crippen LogP contribution in [-0.2, 0) is 33.6 Å². The van der Waals surface area contributed by atoms with Gasteiger partial charge in [-0.3, -0.25) is 19.4 Å². The quantitative estimate of drug-likeness (QED) is 0.194. The van der Waals surface area contributed by atoms with Gasteiger partial charge in [0.05, 0.1) is 18.0 Å². The number of carbonyl (C=O) groups excluding carboxylic acids is 3. The van der Waals surface area contributed by atoms with Gasteiger partial charge in [-0.2, -0.15) is 0 Å². The van der Waals surface area contributed by atoms with Crippen LogP contribution in [0.5, 0.6) is 17.2 Å². The first-order valence-electron chi connectivity index (χ1n) is 13.4. The zero-order valence-electron chi connectivity index (χ0n) is 22.5. The molecule has 204 valence electrons. The molecular weight excluding hydrogens is 509 g/mol. The summed E-state index contributed by atoms with van der Waals surface area (Å²) in [6.45, 7) is 1.83. The lowest BCUT2D eigenvalue weighted by Crippen LogP contribution is -2.28. The van der Waals surface area contributed by atoms with E-state index >= 15 is 0 Å². The first-order valence-corrected chi connectivity index (χ1v) is 13.4. The molecule has 1 heterocycles. The number of hydrogen-bond acceptors (Lipinski definition) is 6. The number of aromatic nitrogens is 1. The Morgan fingerprint density at radius 3 is 2.05 bits per heavy atom. The van der Waals surface area contributed by atoms with E-state index in [1.165, 1.54) is 12.1 Å². The monoisotopic (exact) mass is 539 g/mol. The highest BCUT2D eigenvalue weighted by Gasteiger charge is 2.54. The van der Waals surface area contributed by atoms with E-state index in [9.17, 15) is 18.8 Å². The molecule has 0 unspecified atom stereocenters. The molecule has 0 bridgehead atoms. The Labute approximate surface area is 232 Å². The van der Waals surface area contributed by atoms with Crippen molar-refractivity contribution < 1.29 is 28.2 Å². The number of rotatable bonds is 12. The Morgan fingerprint density at radius 2 is 1.48 bits per heavy atom. The summed E-state index contributed by atoms with van der Waals surface area (Å²) in [4.78, 5) is 42.6. The second kappa shape index (κ2) is 11.4. The lowest BCUT2D eigenvalue weighted by atomic mass is 9.88. The molecular formula is C33H30FNO5. The highest BCUT2D eigenvalue weighted by Crippen LogP contribution is 2.49. The number of fused-ring (bicyclic) bond motifs is 1. The lowest BCUT2D eigenvalue weighted by molar-refractivity contribution is -0.134. The van der Waals surface area contributed by atoms with Crippen molar-refractivity contribution in [2.75, 3.05) is 7.11 Å². The van der Waals surface area contributed by atoms with E-state index in [0.29, 0.717) is 47.6 Å². The van der Waals surface area contributed by atoms with Crippen molar-refractivity contribution in [3.8, 4) is 17.2 Å². The van der Waals surface area contributed by atoms with Crippen LogP contribution in [0.15, 0.2) is 72.9 Å². The fourth-order valence-corrected chi connectivity index (χ4v) is 4.90. The van der Waals surface area contributed by atoms with Crippen molar-refractivity contribution in [3.05, 3.63) is 95.4 Å². The number of Topliss-reactive ketones (excluding diaryl/α,β-unsaturated/α-hetero) is 3. The topological polar surface area (TPSA) is 82.6 Å².